The van der Waals surface area contributed by atoms with Crippen LogP contribution in [0.2, 0.25) is 10.0 Å². The number of rotatable bonds is 3. The monoisotopic (exact) mass is 409 g/mol. The number of hydrogen-bond donors (Lipinski definition) is 2. The second-order valence-electron chi connectivity index (χ2n) is 5.84. The third-order valence-corrected chi connectivity index (χ3v) is 4.74. The molecule has 1 amide bonds. The lowest BCUT2D eigenvalue weighted by Gasteiger charge is -2.10. The maximum atomic E-state index is 13.2. The number of amides is 1. The smallest absolute Gasteiger partial charge is 0.258 e. The van der Waals surface area contributed by atoms with E-state index in [-0.39, 0.29) is 32.9 Å². The first-order valence-corrected chi connectivity index (χ1v) is 8.54. The van der Waals surface area contributed by atoms with Crippen molar-refractivity contribution in [2.24, 2.45) is 0 Å². The van der Waals surface area contributed by atoms with Gasteiger partial charge < -0.3 is 5.32 Å². The molecule has 0 aliphatic rings. The zero-order valence-corrected chi connectivity index (χ0v) is 16.0. The molecular formula is C17H14Cl2FN5O2. The third kappa shape index (κ3) is 3.58. The van der Waals surface area contributed by atoms with Crippen LogP contribution in [-0.4, -0.2) is 25.7 Å². The lowest BCUT2D eigenvalue weighted by Crippen LogP contribution is -2.21. The van der Waals surface area contributed by atoms with Crippen molar-refractivity contribution in [2.75, 3.05) is 5.32 Å². The van der Waals surface area contributed by atoms with Gasteiger partial charge in [0.1, 0.15) is 10.8 Å². The first kappa shape index (κ1) is 19.1. The third-order valence-electron chi connectivity index (χ3n) is 3.98. The molecule has 2 N–H and O–H groups in total. The normalized spacial score (nSPS) is 10.9. The number of halogens is 3. The van der Waals surface area contributed by atoms with Gasteiger partial charge in [-0.25, -0.2) is 9.37 Å². The molecule has 3 aromatic rings. The second kappa shape index (κ2) is 7.13. The van der Waals surface area contributed by atoms with Crippen LogP contribution in [-0.2, 0) is 0 Å². The molecular weight excluding hydrogens is 396 g/mol. The van der Waals surface area contributed by atoms with Crippen molar-refractivity contribution in [3.8, 4) is 5.95 Å². The molecule has 0 aliphatic carbocycles. The topological polar surface area (TPSA) is 92.7 Å². The molecule has 0 bridgehead atoms. The molecule has 10 heteroatoms. The molecule has 0 saturated heterocycles. The Morgan fingerprint density at radius 1 is 1.22 bits per heavy atom. The number of aromatic nitrogens is 4. The molecule has 3 rings (SSSR count). The highest BCUT2D eigenvalue weighted by Gasteiger charge is 2.21. The van der Waals surface area contributed by atoms with Gasteiger partial charge in [0.25, 0.3) is 11.5 Å². The summed E-state index contributed by atoms with van der Waals surface area (Å²) in [5.41, 5.74) is 1.12. The lowest BCUT2D eigenvalue weighted by atomic mass is 10.2. The van der Waals surface area contributed by atoms with Crippen LogP contribution in [0.3, 0.4) is 0 Å². The van der Waals surface area contributed by atoms with E-state index in [1.807, 2.05) is 0 Å². The van der Waals surface area contributed by atoms with Gasteiger partial charge in [-0.3, -0.25) is 14.6 Å². The number of aryl methyl sites for hydroxylation is 2. The summed E-state index contributed by atoms with van der Waals surface area (Å²) in [5, 5.41) is 6.93. The Kier molecular flexibility index (Phi) is 5.03. The summed E-state index contributed by atoms with van der Waals surface area (Å²) in [6, 6.07) is 3.40. The van der Waals surface area contributed by atoms with Gasteiger partial charge in [-0.05, 0) is 39.0 Å². The van der Waals surface area contributed by atoms with E-state index in [0.29, 0.717) is 17.0 Å². The number of aromatic amines is 1. The molecule has 140 valence electrons. The van der Waals surface area contributed by atoms with Crippen LogP contribution < -0.4 is 10.9 Å². The Labute approximate surface area is 163 Å². The van der Waals surface area contributed by atoms with E-state index in [1.165, 1.54) is 10.7 Å². The summed E-state index contributed by atoms with van der Waals surface area (Å²) >= 11 is 12.2. The van der Waals surface area contributed by atoms with Gasteiger partial charge in [0.2, 0.25) is 5.95 Å². The summed E-state index contributed by atoms with van der Waals surface area (Å²) in [5.74, 6) is -0.980. The minimum Gasteiger partial charge on any atom is -0.305 e. The Balaban J connectivity index is 2.07. The molecule has 0 spiro atoms. The number of hydrogen-bond acceptors (Lipinski definition) is 4. The number of nitrogens with zero attached hydrogens (tertiary/aromatic N) is 3. The Morgan fingerprint density at radius 3 is 2.56 bits per heavy atom. The number of nitrogens with one attached hydrogen (secondary N) is 2. The highest BCUT2D eigenvalue weighted by molar-refractivity contribution is 6.36. The molecule has 7 nitrogen and oxygen atoms in total. The lowest BCUT2D eigenvalue weighted by molar-refractivity contribution is 0.102. The van der Waals surface area contributed by atoms with Crippen LogP contribution in [0.25, 0.3) is 5.95 Å². The fourth-order valence-electron chi connectivity index (χ4n) is 2.35. The molecule has 0 atom stereocenters. The quantitative estimate of drug-likeness (QED) is 0.691. The summed E-state index contributed by atoms with van der Waals surface area (Å²) < 4.78 is 14.4. The van der Waals surface area contributed by atoms with E-state index in [4.69, 9.17) is 23.2 Å². The van der Waals surface area contributed by atoms with Crippen molar-refractivity contribution in [3.63, 3.8) is 0 Å². The zero-order chi connectivity index (χ0) is 19.9. The van der Waals surface area contributed by atoms with Crippen molar-refractivity contribution >= 4 is 34.9 Å². The van der Waals surface area contributed by atoms with Gasteiger partial charge in [-0.1, -0.05) is 23.2 Å². The molecule has 0 radical (unpaired) electrons. The number of carbonyl (C=O) groups excluding carboxylic acids is 1. The van der Waals surface area contributed by atoms with E-state index in [0.717, 1.165) is 12.1 Å². The van der Waals surface area contributed by atoms with Gasteiger partial charge in [-0.2, -0.15) is 9.78 Å². The molecule has 0 aliphatic heterocycles. The minimum absolute atomic E-state index is 0.0517. The molecule has 2 heterocycles. The van der Waals surface area contributed by atoms with Crippen LogP contribution in [0, 0.1) is 26.6 Å². The average molecular weight is 410 g/mol. The van der Waals surface area contributed by atoms with Gasteiger partial charge in [-0.15, -0.1) is 0 Å². The van der Waals surface area contributed by atoms with Crippen molar-refractivity contribution < 1.29 is 9.18 Å². The Morgan fingerprint density at radius 2 is 1.93 bits per heavy atom. The van der Waals surface area contributed by atoms with Gasteiger partial charge in [0, 0.05) is 11.3 Å². The van der Waals surface area contributed by atoms with Crippen LogP contribution in [0.15, 0.2) is 23.0 Å². The first-order valence-electron chi connectivity index (χ1n) is 7.78. The number of anilines is 1. The number of carbonyl (C=O) groups is 1. The molecule has 0 saturated carbocycles. The van der Waals surface area contributed by atoms with Gasteiger partial charge in [0.05, 0.1) is 16.3 Å². The highest BCUT2D eigenvalue weighted by Crippen LogP contribution is 2.28. The molecule has 2 aromatic heterocycles. The standard InChI is InChI=1S/C17H14Cl2FN5O2/c1-7-8(2)21-17(23-15(7)26)25-14(13(19)9(3)24-25)22-16(27)11-5-4-10(20)6-12(11)18/h4-6H,1-3H3,(H,22,27)(H,21,23,26). The van der Waals surface area contributed by atoms with E-state index in [9.17, 15) is 14.0 Å². The molecule has 27 heavy (non-hydrogen) atoms. The number of H-pyrrole nitrogens is 1. The summed E-state index contributed by atoms with van der Waals surface area (Å²) in [4.78, 5) is 31.5. The van der Waals surface area contributed by atoms with E-state index in [2.05, 4.69) is 20.4 Å². The average Bonchev–Trinajstić information content (AvgIpc) is 2.87. The minimum atomic E-state index is -0.616. The van der Waals surface area contributed by atoms with E-state index in [1.54, 1.807) is 20.8 Å². The maximum absolute atomic E-state index is 13.2. The fraction of sp³-hybridized carbons (Fsp3) is 0.176. The fourth-order valence-corrected chi connectivity index (χ4v) is 2.77. The van der Waals surface area contributed by atoms with Crippen molar-refractivity contribution in [1.29, 1.82) is 0 Å². The molecule has 0 fully saturated rings. The molecule has 1 aromatic carbocycles. The summed E-state index contributed by atoms with van der Waals surface area (Å²) in [7, 11) is 0. The van der Waals surface area contributed by atoms with E-state index >= 15 is 0 Å². The predicted octanol–water partition coefficient (Wildman–Crippen LogP) is 3.58. The van der Waals surface area contributed by atoms with E-state index < -0.39 is 11.7 Å². The second-order valence-corrected chi connectivity index (χ2v) is 6.62. The number of benzene rings is 1. The van der Waals surface area contributed by atoms with Crippen LogP contribution in [0.1, 0.15) is 27.3 Å². The van der Waals surface area contributed by atoms with Crippen molar-refractivity contribution in [1.82, 2.24) is 19.7 Å². The van der Waals surface area contributed by atoms with Crippen molar-refractivity contribution in [2.45, 2.75) is 20.8 Å². The Bertz CT molecular complexity index is 1120. The summed E-state index contributed by atoms with van der Waals surface area (Å²) in [6.45, 7) is 4.96. The van der Waals surface area contributed by atoms with Crippen LogP contribution in [0.4, 0.5) is 10.2 Å². The largest absolute Gasteiger partial charge is 0.305 e. The first-order chi connectivity index (χ1) is 12.7. The Hall–Kier alpha value is -2.71. The SMILES string of the molecule is Cc1nn(-c2nc(C)c(C)c(=O)[nH]2)c(NC(=O)c2ccc(F)cc2Cl)c1Cl. The van der Waals surface area contributed by atoms with Gasteiger partial charge >= 0.3 is 0 Å². The summed E-state index contributed by atoms with van der Waals surface area (Å²) in [6.07, 6.45) is 0. The molecule has 0 unspecified atom stereocenters. The highest BCUT2D eigenvalue weighted by atomic mass is 35.5. The van der Waals surface area contributed by atoms with Crippen LogP contribution in [0.5, 0.6) is 0 Å². The van der Waals surface area contributed by atoms with Crippen molar-refractivity contribution in [3.05, 3.63) is 66.9 Å². The zero-order valence-electron chi connectivity index (χ0n) is 14.5. The predicted molar refractivity (Wildman–Crippen MR) is 101 cm³/mol. The maximum Gasteiger partial charge on any atom is 0.258 e. The van der Waals surface area contributed by atoms with Gasteiger partial charge in [0.15, 0.2) is 5.82 Å². The van der Waals surface area contributed by atoms with Crippen LogP contribution >= 0.6 is 23.2 Å².